The molecule has 0 saturated heterocycles. The van der Waals surface area contributed by atoms with Gasteiger partial charge in [-0.05, 0) is 24.8 Å². The number of nitrogens with zero attached hydrogens (tertiary/aromatic N) is 2. The lowest BCUT2D eigenvalue weighted by atomic mass is 10.2. The predicted octanol–water partition coefficient (Wildman–Crippen LogP) is 1.20. The van der Waals surface area contributed by atoms with E-state index in [1.807, 2.05) is 0 Å². The minimum atomic E-state index is 0.520. The van der Waals surface area contributed by atoms with Crippen LogP contribution in [0.1, 0.15) is 17.5 Å². The van der Waals surface area contributed by atoms with Crippen molar-refractivity contribution < 1.29 is 0 Å². The summed E-state index contributed by atoms with van der Waals surface area (Å²) in [6, 6.07) is 0. The van der Waals surface area contributed by atoms with Gasteiger partial charge < -0.3 is 5.73 Å². The first-order valence-electron chi connectivity index (χ1n) is 3.58. The van der Waals surface area contributed by atoms with Crippen molar-refractivity contribution in [2.24, 2.45) is 0 Å². The summed E-state index contributed by atoms with van der Waals surface area (Å²) in [5.41, 5.74) is 7.81. The summed E-state index contributed by atoms with van der Waals surface area (Å²) in [6.07, 6.45) is 3.11. The Kier molecular flexibility index (Phi) is 1.46. The van der Waals surface area contributed by atoms with Crippen LogP contribution in [0.3, 0.4) is 0 Å². The van der Waals surface area contributed by atoms with Gasteiger partial charge in [-0.3, -0.25) is 0 Å². The van der Waals surface area contributed by atoms with E-state index in [0.717, 1.165) is 30.4 Å². The van der Waals surface area contributed by atoms with Crippen LogP contribution in [0.2, 0.25) is 5.15 Å². The van der Waals surface area contributed by atoms with E-state index in [-0.39, 0.29) is 0 Å². The van der Waals surface area contributed by atoms with Gasteiger partial charge in [-0.2, -0.15) is 0 Å². The van der Waals surface area contributed by atoms with Crippen molar-refractivity contribution in [1.29, 1.82) is 0 Å². The quantitative estimate of drug-likeness (QED) is 0.635. The molecule has 0 aliphatic heterocycles. The molecule has 0 radical (unpaired) electrons. The molecule has 0 unspecified atom stereocenters. The highest BCUT2D eigenvalue weighted by molar-refractivity contribution is 6.30. The molecule has 1 heterocycles. The number of fused-ring (bicyclic) bond motifs is 1. The number of hydrogen-bond acceptors (Lipinski definition) is 3. The van der Waals surface area contributed by atoms with Gasteiger partial charge in [0.15, 0.2) is 5.15 Å². The highest BCUT2D eigenvalue weighted by atomic mass is 35.5. The molecule has 4 heteroatoms. The third-order valence-corrected chi connectivity index (χ3v) is 2.33. The third kappa shape index (κ3) is 0.959. The number of nitrogens with two attached hydrogens (primary N) is 1. The van der Waals surface area contributed by atoms with Gasteiger partial charge in [0.25, 0.3) is 0 Å². The van der Waals surface area contributed by atoms with Crippen LogP contribution >= 0.6 is 11.6 Å². The van der Waals surface area contributed by atoms with Crippen LogP contribution in [0.15, 0.2) is 0 Å². The summed E-state index contributed by atoms with van der Waals surface area (Å²) >= 11 is 5.81. The topological polar surface area (TPSA) is 51.8 Å². The molecular weight excluding hydrogens is 162 g/mol. The molecule has 2 N–H and O–H groups in total. The van der Waals surface area contributed by atoms with Crippen molar-refractivity contribution >= 4 is 17.4 Å². The minimum absolute atomic E-state index is 0.520. The number of anilines is 1. The van der Waals surface area contributed by atoms with Gasteiger partial charge >= 0.3 is 0 Å². The van der Waals surface area contributed by atoms with Gasteiger partial charge in [0.05, 0.1) is 0 Å². The summed E-state index contributed by atoms with van der Waals surface area (Å²) in [7, 11) is 0. The second kappa shape index (κ2) is 2.34. The van der Waals surface area contributed by atoms with Crippen molar-refractivity contribution in [1.82, 2.24) is 10.2 Å². The standard InChI is InChI=1S/C7H8ClN3/c8-6-4-2-1-3-5(4)7(9)11-10-6/h1-3H2,(H2,9,11). The summed E-state index contributed by atoms with van der Waals surface area (Å²) in [5.74, 6) is 0.543. The zero-order valence-corrected chi connectivity index (χ0v) is 6.73. The Bertz CT molecular complexity index is 269. The number of halogens is 1. The molecule has 0 amide bonds. The van der Waals surface area contributed by atoms with E-state index in [2.05, 4.69) is 10.2 Å². The maximum atomic E-state index is 5.81. The third-order valence-electron chi connectivity index (χ3n) is 2.02. The van der Waals surface area contributed by atoms with E-state index >= 15 is 0 Å². The van der Waals surface area contributed by atoms with Gasteiger partial charge in [0.2, 0.25) is 0 Å². The van der Waals surface area contributed by atoms with Gasteiger partial charge in [0, 0.05) is 5.56 Å². The molecule has 1 aliphatic rings. The molecular formula is C7H8ClN3. The maximum Gasteiger partial charge on any atom is 0.155 e. The molecule has 1 aromatic rings. The Balaban J connectivity index is 2.64. The first-order chi connectivity index (χ1) is 5.29. The molecule has 0 saturated carbocycles. The lowest BCUT2D eigenvalue weighted by Crippen LogP contribution is -2.00. The van der Waals surface area contributed by atoms with Crippen LogP contribution in [0, 0.1) is 0 Å². The monoisotopic (exact) mass is 169 g/mol. The molecule has 3 nitrogen and oxygen atoms in total. The van der Waals surface area contributed by atoms with E-state index in [1.54, 1.807) is 0 Å². The molecule has 2 rings (SSSR count). The fraction of sp³-hybridized carbons (Fsp3) is 0.429. The van der Waals surface area contributed by atoms with Crippen molar-refractivity contribution in [2.75, 3.05) is 5.73 Å². The lowest BCUT2D eigenvalue weighted by molar-refractivity contribution is 0.911. The molecule has 0 aromatic carbocycles. The zero-order chi connectivity index (χ0) is 7.84. The Morgan fingerprint density at radius 2 is 1.91 bits per heavy atom. The number of rotatable bonds is 0. The molecule has 1 aliphatic carbocycles. The van der Waals surface area contributed by atoms with Crippen molar-refractivity contribution in [3.63, 3.8) is 0 Å². The second-order valence-electron chi connectivity index (χ2n) is 2.69. The summed E-state index contributed by atoms with van der Waals surface area (Å²) < 4.78 is 0. The highest BCUT2D eigenvalue weighted by Gasteiger charge is 2.18. The fourth-order valence-electron chi connectivity index (χ4n) is 1.47. The maximum absolute atomic E-state index is 5.81. The molecule has 0 atom stereocenters. The Labute approximate surface area is 69.6 Å². The number of nitrogen functional groups attached to an aromatic ring is 1. The average molecular weight is 170 g/mol. The minimum Gasteiger partial charge on any atom is -0.382 e. The normalized spacial score (nSPS) is 15.0. The molecule has 1 aromatic heterocycles. The summed E-state index contributed by atoms with van der Waals surface area (Å²) in [4.78, 5) is 0. The van der Waals surface area contributed by atoms with E-state index in [9.17, 15) is 0 Å². The largest absolute Gasteiger partial charge is 0.382 e. The van der Waals surface area contributed by atoms with Crippen LogP contribution in [-0.2, 0) is 12.8 Å². The van der Waals surface area contributed by atoms with Gasteiger partial charge in [0.1, 0.15) is 5.82 Å². The van der Waals surface area contributed by atoms with E-state index < -0.39 is 0 Å². The SMILES string of the molecule is Nc1nnc(Cl)c2c1CCC2. The Morgan fingerprint density at radius 3 is 2.64 bits per heavy atom. The van der Waals surface area contributed by atoms with E-state index in [0.29, 0.717) is 11.0 Å². The van der Waals surface area contributed by atoms with Crippen molar-refractivity contribution in [2.45, 2.75) is 19.3 Å². The molecule has 0 fully saturated rings. The zero-order valence-electron chi connectivity index (χ0n) is 5.97. The van der Waals surface area contributed by atoms with Crippen molar-refractivity contribution in [3.8, 4) is 0 Å². The van der Waals surface area contributed by atoms with Crippen molar-refractivity contribution in [3.05, 3.63) is 16.3 Å². The van der Waals surface area contributed by atoms with Gasteiger partial charge in [-0.15, -0.1) is 10.2 Å². The van der Waals surface area contributed by atoms with Crippen LogP contribution < -0.4 is 5.73 Å². The Hall–Kier alpha value is -0.830. The molecule has 58 valence electrons. The number of hydrogen-bond donors (Lipinski definition) is 1. The van der Waals surface area contributed by atoms with Crippen LogP contribution in [0.5, 0.6) is 0 Å². The van der Waals surface area contributed by atoms with E-state index in [1.165, 1.54) is 0 Å². The summed E-state index contributed by atoms with van der Waals surface area (Å²) in [6.45, 7) is 0. The number of aromatic nitrogens is 2. The molecule has 0 bridgehead atoms. The first kappa shape index (κ1) is 6.85. The van der Waals surface area contributed by atoms with Crippen LogP contribution in [0.4, 0.5) is 5.82 Å². The molecule has 11 heavy (non-hydrogen) atoms. The molecule has 0 spiro atoms. The first-order valence-corrected chi connectivity index (χ1v) is 3.96. The fourth-order valence-corrected chi connectivity index (χ4v) is 1.72. The van der Waals surface area contributed by atoms with Gasteiger partial charge in [-0.25, -0.2) is 0 Å². The Morgan fingerprint density at radius 1 is 1.18 bits per heavy atom. The average Bonchev–Trinajstić information content (AvgIpc) is 2.45. The summed E-state index contributed by atoms with van der Waals surface area (Å²) in [5, 5.41) is 8.01. The van der Waals surface area contributed by atoms with E-state index in [4.69, 9.17) is 17.3 Å². The highest BCUT2D eigenvalue weighted by Crippen LogP contribution is 2.29. The van der Waals surface area contributed by atoms with Crippen LogP contribution in [-0.4, -0.2) is 10.2 Å². The smallest absolute Gasteiger partial charge is 0.155 e. The second-order valence-corrected chi connectivity index (χ2v) is 3.04. The lowest BCUT2D eigenvalue weighted by Gasteiger charge is -2.01. The van der Waals surface area contributed by atoms with Crippen LogP contribution in [0.25, 0.3) is 0 Å². The predicted molar refractivity (Wildman–Crippen MR) is 43.5 cm³/mol. The van der Waals surface area contributed by atoms with Gasteiger partial charge in [-0.1, -0.05) is 11.6 Å².